The number of hydrogen-bond acceptors (Lipinski definition) is 3. The van der Waals surface area contributed by atoms with Gasteiger partial charge in [0, 0.05) is 6.04 Å². The monoisotopic (exact) mass is 208 g/mol. The highest BCUT2D eigenvalue weighted by Crippen LogP contribution is 2.30. The molecule has 1 heterocycles. The first kappa shape index (κ1) is 8.17. The lowest BCUT2D eigenvalue weighted by molar-refractivity contribution is 0.630. The van der Waals surface area contributed by atoms with E-state index in [9.17, 15) is 4.39 Å². The van der Waals surface area contributed by atoms with E-state index in [2.05, 4.69) is 10.3 Å². The molecule has 0 atom stereocenters. The lowest BCUT2D eigenvalue weighted by atomic mass is 10.3. The van der Waals surface area contributed by atoms with E-state index in [1.807, 2.05) is 0 Å². The summed E-state index contributed by atoms with van der Waals surface area (Å²) >= 11 is 1.52. The Labute approximate surface area is 84.8 Å². The molecule has 0 bridgehead atoms. The molecule has 0 spiro atoms. The molecule has 1 fully saturated rings. The Hall–Kier alpha value is -1.16. The van der Waals surface area contributed by atoms with Crippen molar-refractivity contribution in [3.8, 4) is 0 Å². The quantitative estimate of drug-likeness (QED) is 0.820. The van der Waals surface area contributed by atoms with E-state index in [0.29, 0.717) is 6.04 Å². The molecule has 2 aromatic rings. The highest BCUT2D eigenvalue weighted by atomic mass is 32.1. The topological polar surface area (TPSA) is 24.9 Å². The molecule has 1 saturated carbocycles. The molecule has 0 saturated heterocycles. The second-order valence-corrected chi connectivity index (χ2v) is 4.58. The van der Waals surface area contributed by atoms with Gasteiger partial charge in [0.2, 0.25) is 0 Å². The normalized spacial score (nSPS) is 16.1. The second kappa shape index (κ2) is 2.92. The fraction of sp³-hybridized carbons (Fsp3) is 0.300. The van der Waals surface area contributed by atoms with E-state index in [1.54, 1.807) is 6.07 Å². The first-order valence-electron chi connectivity index (χ1n) is 4.64. The number of thiazole rings is 1. The number of fused-ring (bicyclic) bond motifs is 1. The minimum Gasteiger partial charge on any atom is -0.359 e. The van der Waals surface area contributed by atoms with Gasteiger partial charge in [0.15, 0.2) is 5.13 Å². The Balaban J connectivity index is 2.01. The lowest BCUT2D eigenvalue weighted by Gasteiger charge is -1.94. The zero-order valence-corrected chi connectivity index (χ0v) is 8.27. The molecule has 3 rings (SSSR count). The molecule has 0 amide bonds. The van der Waals surface area contributed by atoms with E-state index < -0.39 is 0 Å². The van der Waals surface area contributed by atoms with Gasteiger partial charge in [0.1, 0.15) is 5.82 Å². The van der Waals surface area contributed by atoms with Gasteiger partial charge in [-0.05, 0) is 31.0 Å². The predicted molar refractivity (Wildman–Crippen MR) is 56.2 cm³/mol. The molecular weight excluding hydrogens is 199 g/mol. The van der Waals surface area contributed by atoms with Crippen LogP contribution in [0.1, 0.15) is 12.8 Å². The number of benzene rings is 1. The van der Waals surface area contributed by atoms with Crippen molar-refractivity contribution in [2.45, 2.75) is 18.9 Å². The molecule has 1 aliphatic rings. The molecule has 1 aromatic heterocycles. The molecule has 0 unspecified atom stereocenters. The van der Waals surface area contributed by atoms with Crippen molar-refractivity contribution in [1.82, 2.24) is 4.98 Å². The van der Waals surface area contributed by atoms with Gasteiger partial charge in [-0.1, -0.05) is 11.3 Å². The van der Waals surface area contributed by atoms with Gasteiger partial charge in [0.05, 0.1) is 10.2 Å². The summed E-state index contributed by atoms with van der Waals surface area (Å²) in [5.41, 5.74) is 0.875. The van der Waals surface area contributed by atoms with E-state index in [-0.39, 0.29) is 5.82 Å². The third-order valence-corrected chi connectivity index (χ3v) is 3.20. The minimum atomic E-state index is -0.195. The first-order chi connectivity index (χ1) is 6.81. The predicted octanol–water partition coefficient (Wildman–Crippen LogP) is 3.01. The number of nitrogens with one attached hydrogen (secondary N) is 1. The minimum absolute atomic E-state index is 0.195. The number of hydrogen-bond donors (Lipinski definition) is 1. The highest BCUT2D eigenvalue weighted by molar-refractivity contribution is 7.22. The van der Waals surface area contributed by atoms with Crippen LogP contribution in [0.15, 0.2) is 18.2 Å². The molecular formula is C10H9FN2S. The summed E-state index contributed by atoms with van der Waals surface area (Å²) in [6, 6.07) is 5.30. The van der Waals surface area contributed by atoms with Crippen molar-refractivity contribution < 1.29 is 4.39 Å². The van der Waals surface area contributed by atoms with Crippen LogP contribution in [0.5, 0.6) is 0 Å². The Kier molecular flexibility index (Phi) is 1.70. The molecule has 14 heavy (non-hydrogen) atoms. The summed E-state index contributed by atoms with van der Waals surface area (Å²) in [7, 11) is 0. The van der Waals surface area contributed by atoms with Crippen molar-refractivity contribution in [2.24, 2.45) is 0 Å². The fourth-order valence-electron chi connectivity index (χ4n) is 1.36. The number of halogens is 1. The van der Waals surface area contributed by atoms with Gasteiger partial charge in [-0.2, -0.15) is 0 Å². The maximum Gasteiger partial charge on any atom is 0.184 e. The van der Waals surface area contributed by atoms with Gasteiger partial charge >= 0.3 is 0 Å². The van der Waals surface area contributed by atoms with E-state index in [0.717, 1.165) is 15.3 Å². The van der Waals surface area contributed by atoms with Gasteiger partial charge in [-0.15, -0.1) is 0 Å². The zero-order valence-electron chi connectivity index (χ0n) is 7.46. The van der Waals surface area contributed by atoms with Crippen molar-refractivity contribution >= 4 is 26.7 Å². The van der Waals surface area contributed by atoms with Crippen LogP contribution in [0.25, 0.3) is 10.2 Å². The van der Waals surface area contributed by atoms with Crippen molar-refractivity contribution in [1.29, 1.82) is 0 Å². The van der Waals surface area contributed by atoms with Crippen LogP contribution < -0.4 is 5.32 Å². The van der Waals surface area contributed by atoms with Crippen LogP contribution in [0, 0.1) is 5.82 Å². The number of anilines is 1. The second-order valence-electron chi connectivity index (χ2n) is 3.55. The van der Waals surface area contributed by atoms with Crippen molar-refractivity contribution in [2.75, 3.05) is 5.32 Å². The molecule has 72 valence electrons. The van der Waals surface area contributed by atoms with Crippen LogP contribution in [0.3, 0.4) is 0 Å². The Morgan fingerprint density at radius 3 is 3.07 bits per heavy atom. The van der Waals surface area contributed by atoms with Crippen LogP contribution in [-0.4, -0.2) is 11.0 Å². The van der Waals surface area contributed by atoms with E-state index >= 15 is 0 Å². The zero-order chi connectivity index (χ0) is 9.54. The van der Waals surface area contributed by atoms with E-state index in [4.69, 9.17) is 0 Å². The largest absolute Gasteiger partial charge is 0.359 e. The molecule has 2 nitrogen and oxygen atoms in total. The average Bonchev–Trinajstić information content (AvgIpc) is 2.84. The fourth-order valence-corrected chi connectivity index (χ4v) is 2.33. The van der Waals surface area contributed by atoms with E-state index in [1.165, 1.54) is 36.3 Å². The maximum absolute atomic E-state index is 12.9. The SMILES string of the molecule is Fc1ccc2nc(NC3CC3)sc2c1. The smallest absolute Gasteiger partial charge is 0.184 e. The van der Waals surface area contributed by atoms with Crippen LogP contribution in [0.2, 0.25) is 0 Å². The summed E-state index contributed by atoms with van der Waals surface area (Å²) in [5, 5.41) is 4.22. The lowest BCUT2D eigenvalue weighted by Crippen LogP contribution is -1.99. The van der Waals surface area contributed by atoms with Crippen LogP contribution in [0.4, 0.5) is 9.52 Å². The summed E-state index contributed by atoms with van der Waals surface area (Å²) in [6.45, 7) is 0. The standard InChI is InChI=1S/C10H9FN2S/c11-6-1-4-8-9(5-6)14-10(13-8)12-7-2-3-7/h1,4-5,7H,2-3H2,(H,12,13). The molecule has 0 radical (unpaired) electrons. The molecule has 1 aliphatic carbocycles. The van der Waals surface area contributed by atoms with Crippen molar-refractivity contribution in [3.63, 3.8) is 0 Å². The van der Waals surface area contributed by atoms with Gasteiger partial charge < -0.3 is 5.32 Å². The third-order valence-electron chi connectivity index (χ3n) is 2.26. The van der Waals surface area contributed by atoms with Crippen LogP contribution in [-0.2, 0) is 0 Å². The molecule has 1 aromatic carbocycles. The summed E-state index contributed by atoms with van der Waals surface area (Å²) in [4.78, 5) is 4.37. The molecule has 4 heteroatoms. The number of aromatic nitrogens is 1. The summed E-state index contributed by atoms with van der Waals surface area (Å²) in [6.07, 6.45) is 2.45. The highest BCUT2D eigenvalue weighted by Gasteiger charge is 2.22. The Morgan fingerprint density at radius 2 is 2.29 bits per heavy atom. The van der Waals surface area contributed by atoms with Gasteiger partial charge in [-0.3, -0.25) is 0 Å². The first-order valence-corrected chi connectivity index (χ1v) is 5.45. The summed E-state index contributed by atoms with van der Waals surface area (Å²) in [5.74, 6) is -0.195. The number of rotatable bonds is 2. The van der Waals surface area contributed by atoms with Gasteiger partial charge in [-0.25, -0.2) is 9.37 Å². The van der Waals surface area contributed by atoms with Crippen LogP contribution >= 0.6 is 11.3 Å². The number of nitrogens with zero attached hydrogens (tertiary/aromatic N) is 1. The Morgan fingerprint density at radius 1 is 1.43 bits per heavy atom. The maximum atomic E-state index is 12.9. The van der Waals surface area contributed by atoms with Crippen molar-refractivity contribution in [3.05, 3.63) is 24.0 Å². The molecule has 1 N–H and O–H groups in total. The Bertz CT molecular complexity index is 476. The molecule has 0 aliphatic heterocycles. The van der Waals surface area contributed by atoms with Gasteiger partial charge in [0.25, 0.3) is 0 Å². The summed E-state index contributed by atoms with van der Waals surface area (Å²) < 4.78 is 13.8. The third kappa shape index (κ3) is 1.46. The average molecular weight is 208 g/mol.